The van der Waals surface area contributed by atoms with Gasteiger partial charge in [-0.3, -0.25) is 9.78 Å². The molecular weight excluding hydrogens is 360 g/mol. The first-order valence-corrected chi connectivity index (χ1v) is 9.44. The Hall–Kier alpha value is -2.79. The lowest BCUT2D eigenvalue weighted by molar-refractivity contribution is 0.638. The minimum absolute atomic E-state index is 0.0684. The Labute approximate surface area is 163 Å². The minimum atomic E-state index is -0.0684. The fraction of sp³-hybridized carbons (Fsp3) is 0.238. The quantitative estimate of drug-likeness (QED) is 0.754. The number of nitrogens with zero attached hydrogens (tertiary/aromatic N) is 3. The average Bonchev–Trinajstić information content (AvgIpc) is 2.70. The number of rotatable bonds is 4. The molecule has 27 heavy (non-hydrogen) atoms. The summed E-state index contributed by atoms with van der Waals surface area (Å²) < 4.78 is 0. The van der Waals surface area contributed by atoms with Gasteiger partial charge in [-0.2, -0.15) is 0 Å². The lowest BCUT2D eigenvalue weighted by atomic mass is 10.1. The van der Waals surface area contributed by atoms with Crippen LogP contribution in [0.25, 0.3) is 0 Å². The standard InChI is InChI=1S/C21H21ClN4O/c22-18-7-4-8-19(14-18)25-9-11-26(12-10-25)21-23-15-17(20(27)24-21)13-16-5-2-1-3-6-16/h1-8,14-15H,9-13H2,(H,23,24,27). The molecule has 1 saturated heterocycles. The smallest absolute Gasteiger partial charge is 0.255 e. The molecule has 2 aromatic carbocycles. The molecule has 0 unspecified atom stereocenters. The molecular formula is C21H21ClN4O. The molecule has 0 saturated carbocycles. The zero-order chi connectivity index (χ0) is 18.6. The van der Waals surface area contributed by atoms with Gasteiger partial charge in [0.25, 0.3) is 5.56 Å². The summed E-state index contributed by atoms with van der Waals surface area (Å²) in [5.74, 6) is 0.641. The van der Waals surface area contributed by atoms with Gasteiger partial charge in [-0.25, -0.2) is 4.98 Å². The summed E-state index contributed by atoms with van der Waals surface area (Å²) in [5.41, 5.74) is 2.85. The number of piperazine rings is 1. The Morgan fingerprint density at radius 3 is 2.41 bits per heavy atom. The Bertz CT molecular complexity index is 965. The number of aromatic nitrogens is 2. The number of nitrogens with one attached hydrogen (secondary N) is 1. The SMILES string of the molecule is O=c1[nH]c(N2CCN(c3cccc(Cl)c3)CC2)ncc1Cc1ccccc1. The van der Waals surface area contributed by atoms with Gasteiger partial charge in [0.1, 0.15) is 0 Å². The van der Waals surface area contributed by atoms with Crippen molar-refractivity contribution < 1.29 is 0 Å². The van der Waals surface area contributed by atoms with Crippen molar-refractivity contribution in [3.05, 3.63) is 87.3 Å². The Kier molecular flexibility index (Phi) is 5.12. The van der Waals surface area contributed by atoms with Gasteiger partial charge < -0.3 is 9.80 Å². The Morgan fingerprint density at radius 1 is 0.963 bits per heavy atom. The lowest BCUT2D eigenvalue weighted by Gasteiger charge is -2.36. The molecule has 0 spiro atoms. The van der Waals surface area contributed by atoms with Gasteiger partial charge in [0.2, 0.25) is 5.95 Å². The Balaban J connectivity index is 1.43. The van der Waals surface area contributed by atoms with Gasteiger partial charge in [0.15, 0.2) is 0 Å². The summed E-state index contributed by atoms with van der Waals surface area (Å²) in [6.07, 6.45) is 2.29. The van der Waals surface area contributed by atoms with E-state index in [0.717, 1.165) is 42.5 Å². The second-order valence-corrected chi connectivity index (χ2v) is 7.11. The second-order valence-electron chi connectivity index (χ2n) is 6.68. The Morgan fingerprint density at radius 2 is 1.70 bits per heavy atom. The summed E-state index contributed by atoms with van der Waals surface area (Å²) in [7, 11) is 0. The molecule has 0 bridgehead atoms. The van der Waals surface area contributed by atoms with E-state index in [-0.39, 0.29) is 5.56 Å². The van der Waals surface area contributed by atoms with E-state index in [1.54, 1.807) is 6.20 Å². The third-order valence-corrected chi connectivity index (χ3v) is 5.08. The molecule has 1 N–H and O–H groups in total. The second kappa shape index (κ2) is 7.84. The van der Waals surface area contributed by atoms with Crippen LogP contribution in [0, 0.1) is 0 Å². The number of halogens is 1. The van der Waals surface area contributed by atoms with Gasteiger partial charge >= 0.3 is 0 Å². The maximum atomic E-state index is 12.5. The average molecular weight is 381 g/mol. The van der Waals surface area contributed by atoms with Gasteiger partial charge in [0.05, 0.1) is 0 Å². The molecule has 1 aliphatic rings. The van der Waals surface area contributed by atoms with E-state index in [0.29, 0.717) is 17.9 Å². The summed E-state index contributed by atoms with van der Waals surface area (Å²) in [5, 5.41) is 0.745. The molecule has 4 rings (SSSR count). The van der Waals surface area contributed by atoms with E-state index in [4.69, 9.17) is 11.6 Å². The zero-order valence-electron chi connectivity index (χ0n) is 14.9. The number of hydrogen-bond acceptors (Lipinski definition) is 4. The highest BCUT2D eigenvalue weighted by Crippen LogP contribution is 2.21. The first kappa shape index (κ1) is 17.6. The lowest BCUT2D eigenvalue weighted by Crippen LogP contribution is -2.47. The van der Waals surface area contributed by atoms with E-state index in [2.05, 4.69) is 25.8 Å². The molecule has 6 heteroatoms. The van der Waals surface area contributed by atoms with Crippen LogP contribution in [0.3, 0.4) is 0 Å². The number of aromatic amines is 1. The van der Waals surface area contributed by atoms with Crippen molar-refractivity contribution in [2.24, 2.45) is 0 Å². The number of anilines is 2. The van der Waals surface area contributed by atoms with Gasteiger partial charge in [0, 0.05) is 55.1 Å². The monoisotopic (exact) mass is 380 g/mol. The van der Waals surface area contributed by atoms with Gasteiger partial charge in [-0.15, -0.1) is 0 Å². The molecule has 1 aliphatic heterocycles. The van der Waals surface area contributed by atoms with Gasteiger partial charge in [-0.1, -0.05) is 48.0 Å². The van der Waals surface area contributed by atoms with Crippen molar-refractivity contribution >= 4 is 23.2 Å². The van der Waals surface area contributed by atoms with Crippen LogP contribution in [0.5, 0.6) is 0 Å². The summed E-state index contributed by atoms with van der Waals surface area (Å²) in [6, 6.07) is 17.9. The number of benzene rings is 2. The minimum Gasteiger partial charge on any atom is -0.368 e. The molecule has 138 valence electrons. The highest BCUT2D eigenvalue weighted by atomic mass is 35.5. The molecule has 0 aliphatic carbocycles. The van der Waals surface area contributed by atoms with Crippen molar-refractivity contribution in [2.75, 3.05) is 36.0 Å². The fourth-order valence-electron chi connectivity index (χ4n) is 3.36. The van der Waals surface area contributed by atoms with Crippen molar-refractivity contribution in [1.29, 1.82) is 0 Å². The van der Waals surface area contributed by atoms with Crippen LogP contribution in [0.2, 0.25) is 5.02 Å². The van der Waals surface area contributed by atoms with Crippen LogP contribution in [0.15, 0.2) is 65.6 Å². The van der Waals surface area contributed by atoms with Crippen LogP contribution in [-0.4, -0.2) is 36.1 Å². The molecule has 5 nitrogen and oxygen atoms in total. The van der Waals surface area contributed by atoms with E-state index < -0.39 is 0 Å². The van der Waals surface area contributed by atoms with E-state index >= 15 is 0 Å². The summed E-state index contributed by atoms with van der Waals surface area (Å²) in [6.45, 7) is 3.31. The van der Waals surface area contributed by atoms with Crippen LogP contribution < -0.4 is 15.4 Å². The van der Waals surface area contributed by atoms with E-state index in [9.17, 15) is 4.79 Å². The molecule has 2 heterocycles. The highest BCUT2D eigenvalue weighted by molar-refractivity contribution is 6.30. The topological polar surface area (TPSA) is 52.2 Å². The third kappa shape index (κ3) is 4.14. The van der Waals surface area contributed by atoms with Crippen molar-refractivity contribution in [2.45, 2.75) is 6.42 Å². The molecule has 0 amide bonds. The third-order valence-electron chi connectivity index (χ3n) is 4.85. The highest BCUT2D eigenvalue weighted by Gasteiger charge is 2.19. The predicted molar refractivity (Wildman–Crippen MR) is 110 cm³/mol. The van der Waals surface area contributed by atoms with Crippen molar-refractivity contribution in [3.8, 4) is 0 Å². The summed E-state index contributed by atoms with van der Waals surface area (Å²) >= 11 is 6.09. The van der Waals surface area contributed by atoms with Gasteiger partial charge in [-0.05, 0) is 23.8 Å². The maximum absolute atomic E-state index is 12.5. The van der Waals surface area contributed by atoms with E-state index in [1.807, 2.05) is 48.5 Å². The normalized spacial score (nSPS) is 14.4. The maximum Gasteiger partial charge on any atom is 0.255 e. The predicted octanol–water partition coefficient (Wildman–Crippen LogP) is 3.34. The van der Waals surface area contributed by atoms with Crippen LogP contribution >= 0.6 is 11.6 Å². The van der Waals surface area contributed by atoms with Crippen LogP contribution in [0.1, 0.15) is 11.1 Å². The number of hydrogen-bond donors (Lipinski definition) is 1. The first-order chi connectivity index (χ1) is 13.2. The zero-order valence-corrected chi connectivity index (χ0v) is 15.7. The van der Waals surface area contributed by atoms with Crippen molar-refractivity contribution in [1.82, 2.24) is 9.97 Å². The molecule has 1 fully saturated rings. The molecule has 0 radical (unpaired) electrons. The number of H-pyrrole nitrogens is 1. The largest absolute Gasteiger partial charge is 0.368 e. The van der Waals surface area contributed by atoms with Crippen molar-refractivity contribution in [3.63, 3.8) is 0 Å². The first-order valence-electron chi connectivity index (χ1n) is 9.06. The molecule has 0 atom stereocenters. The van der Waals surface area contributed by atoms with Crippen LogP contribution in [-0.2, 0) is 6.42 Å². The van der Waals surface area contributed by atoms with E-state index in [1.165, 1.54) is 0 Å². The molecule has 1 aromatic heterocycles. The molecule has 3 aromatic rings. The summed E-state index contributed by atoms with van der Waals surface area (Å²) in [4.78, 5) is 24.3. The van der Waals surface area contributed by atoms with Crippen LogP contribution in [0.4, 0.5) is 11.6 Å². The fourth-order valence-corrected chi connectivity index (χ4v) is 3.55.